The predicted octanol–water partition coefficient (Wildman–Crippen LogP) is 2.47. The van der Waals surface area contributed by atoms with Crippen molar-refractivity contribution in [1.29, 1.82) is 0 Å². The van der Waals surface area contributed by atoms with Gasteiger partial charge < -0.3 is 11.1 Å². The number of hydrogen-bond donors (Lipinski definition) is 2. The van der Waals surface area contributed by atoms with E-state index in [2.05, 4.69) is 38.2 Å². The van der Waals surface area contributed by atoms with Crippen LogP contribution in [0.1, 0.15) is 31.9 Å². The molecule has 0 radical (unpaired) electrons. The van der Waals surface area contributed by atoms with Crippen molar-refractivity contribution in [1.82, 2.24) is 5.32 Å². The van der Waals surface area contributed by atoms with E-state index < -0.39 is 0 Å². The Hall–Kier alpha value is -1.02. The van der Waals surface area contributed by atoms with Crippen molar-refractivity contribution >= 4 is 5.69 Å². The molecule has 0 atom stereocenters. The minimum atomic E-state index is 0.152. The van der Waals surface area contributed by atoms with Crippen LogP contribution in [0.3, 0.4) is 0 Å². The lowest BCUT2D eigenvalue weighted by atomic mass is 10.1. The fraction of sp³-hybridized carbons (Fsp3) is 0.500. The highest BCUT2D eigenvalue weighted by atomic mass is 14.9. The first-order chi connectivity index (χ1) is 6.38. The first-order valence-electron chi connectivity index (χ1n) is 4.98. The standard InChI is InChI=1S/C12H20N2/c1-9-5-6-10(7-11(9)13)8-14-12(2,3)4/h5-7,14H,8,13H2,1-4H3. The van der Waals surface area contributed by atoms with E-state index in [1.165, 1.54) is 5.56 Å². The van der Waals surface area contributed by atoms with Crippen LogP contribution in [0.4, 0.5) is 5.69 Å². The molecule has 0 bridgehead atoms. The summed E-state index contributed by atoms with van der Waals surface area (Å²) < 4.78 is 0. The molecule has 1 aromatic rings. The Morgan fingerprint density at radius 3 is 2.43 bits per heavy atom. The minimum absolute atomic E-state index is 0.152. The van der Waals surface area contributed by atoms with Gasteiger partial charge in [-0.25, -0.2) is 0 Å². The first-order valence-corrected chi connectivity index (χ1v) is 4.98. The smallest absolute Gasteiger partial charge is 0.0346 e. The molecule has 0 fully saturated rings. The van der Waals surface area contributed by atoms with E-state index in [0.717, 1.165) is 17.8 Å². The molecule has 0 saturated heterocycles. The molecule has 14 heavy (non-hydrogen) atoms. The summed E-state index contributed by atoms with van der Waals surface area (Å²) in [7, 11) is 0. The quantitative estimate of drug-likeness (QED) is 0.706. The molecule has 0 heterocycles. The van der Waals surface area contributed by atoms with E-state index in [1.807, 2.05) is 13.0 Å². The Morgan fingerprint density at radius 2 is 1.93 bits per heavy atom. The van der Waals surface area contributed by atoms with Crippen molar-refractivity contribution in [3.8, 4) is 0 Å². The molecule has 0 aliphatic carbocycles. The summed E-state index contributed by atoms with van der Waals surface area (Å²) in [5.41, 5.74) is 9.24. The Labute approximate surface area is 86.5 Å². The molecule has 78 valence electrons. The maximum atomic E-state index is 5.83. The molecule has 1 aromatic carbocycles. The van der Waals surface area contributed by atoms with Crippen LogP contribution < -0.4 is 11.1 Å². The largest absolute Gasteiger partial charge is 0.399 e. The zero-order valence-electron chi connectivity index (χ0n) is 9.52. The van der Waals surface area contributed by atoms with Crippen LogP contribution in [0.5, 0.6) is 0 Å². The van der Waals surface area contributed by atoms with Gasteiger partial charge in [0.25, 0.3) is 0 Å². The van der Waals surface area contributed by atoms with Crippen LogP contribution in [-0.4, -0.2) is 5.54 Å². The van der Waals surface area contributed by atoms with Crippen LogP contribution in [-0.2, 0) is 6.54 Å². The maximum Gasteiger partial charge on any atom is 0.0346 e. The van der Waals surface area contributed by atoms with Gasteiger partial charge in [0.05, 0.1) is 0 Å². The molecule has 3 N–H and O–H groups in total. The van der Waals surface area contributed by atoms with Crippen LogP contribution in [0, 0.1) is 6.92 Å². The normalized spacial score (nSPS) is 11.7. The van der Waals surface area contributed by atoms with E-state index in [0.29, 0.717) is 0 Å². The van der Waals surface area contributed by atoms with E-state index in [1.54, 1.807) is 0 Å². The lowest BCUT2D eigenvalue weighted by Gasteiger charge is -2.20. The van der Waals surface area contributed by atoms with E-state index in [-0.39, 0.29) is 5.54 Å². The summed E-state index contributed by atoms with van der Waals surface area (Å²) in [6, 6.07) is 6.22. The number of rotatable bonds is 2. The molecule has 1 rings (SSSR count). The molecule has 2 heteroatoms. The first kappa shape index (κ1) is 11.1. The molecule has 2 nitrogen and oxygen atoms in total. The Balaban J connectivity index is 2.65. The van der Waals surface area contributed by atoms with Crippen molar-refractivity contribution < 1.29 is 0 Å². The SMILES string of the molecule is Cc1ccc(CNC(C)(C)C)cc1N. The van der Waals surface area contributed by atoms with Gasteiger partial charge in [0, 0.05) is 17.8 Å². The molecular weight excluding hydrogens is 172 g/mol. The molecule has 0 saturated carbocycles. The highest BCUT2D eigenvalue weighted by molar-refractivity contribution is 5.48. The Kier molecular flexibility index (Phi) is 3.17. The monoisotopic (exact) mass is 192 g/mol. The summed E-state index contributed by atoms with van der Waals surface area (Å²) in [5, 5.41) is 3.43. The van der Waals surface area contributed by atoms with Gasteiger partial charge in [0.2, 0.25) is 0 Å². The number of anilines is 1. The van der Waals surface area contributed by atoms with E-state index in [9.17, 15) is 0 Å². The van der Waals surface area contributed by atoms with Gasteiger partial charge in [0.1, 0.15) is 0 Å². The van der Waals surface area contributed by atoms with Crippen molar-refractivity contribution in [3.05, 3.63) is 29.3 Å². The molecule has 0 amide bonds. The summed E-state index contributed by atoms with van der Waals surface area (Å²) in [4.78, 5) is 0. The van der Waals surface area contributed by atoms with Crippen LogP contribution in [0.15, 0.2) is 18.2 Å². The fourth-order valence-electron chi connectivity index (χ4n) is 1.17. The summed E-state index contributed by atoms with van der Waals surface area (Å²) >= 11 is 0. The summed E-state index contributed by atoms with van der Waals surface area (Å²) in [6.45, 7) is 9.37. The third-order valence-electron chi connectivity index (χ3n) is 2.17. The second-order valence-electron chi connectivity index (χ2n) is 4.79. The lowest BCUT2D eigenvalue weighted by molar-refractivity contribution is 0.424. The molecular formula is C12H20N2. The number of nitrogen functional groups attached to an aromatic ring is 1. The van der Waals surface area contributed by atoms with Gasteiger partial charge in [-0.2, -0.15) is 0 Å². The zero-order valence-corrected chi connectivity index (χ0v) is 9.52. The second-order valence-corrected chi connectivity index (χ2v) is 4.79. The summed E-state index contributed by atoms with van der Waals surface area (Å²) in [5.74, 6) is 0. The van der Waals surface area contributed by atoms with Crippen molar-refractivity contribution in [2.75, 3.05) is 5.73 Å². The minimum Gasteiger partial charge on any atom is -0.399 e. The molecule has 0 aromatic heterocycles. The topological polar surface area (TPSA) is 38.0 Å². The third-order valence-corrected chi connectivity index (χ3v) is 2.17. The van der Waals surface area contributed by atoms with Gasteiger partial charge in [0.15, 0.2) is 0 Å². The zero-order chi connectivity index (χ0) is 10.8. The van der Waals surface area contributed by atoms with Gasteiger partial charge in [-0.1, -0.05) is 12.1 Å². The Morgan fingerprint density at radius 1 is 1.29 bits per heavy atom. The Bertz CT molecular complexity index is 311. The van der Waals surface area contributed by atoms with Crippen molar-refractivity contribution in [2.24, 2.45) is 0 Å². The highest BCUT2D eigenvalue weighted by Crippen LogP contribution is 2.13. The molecule has 0 aliphatic heterocycles. The average Bonchev–Trinajstić information content (AvgIpc) is 2.06. The maximum absolute atomic E-state index is 5.83. The lowest BCUT2D eigenvalue weighted by Crippen LogP contribution is -2.35. The highest BCUT2D eigenvalue weighted by Gasteiger charge is 2.08. The van der Waals surface area contributed by atoms with Crippen molar-refractivity contribution in [3.63, 3.8) is 0 Å². The van der Waals surface area contributed by atoms with E-state index >= 15 is 0 Å². The van der Waals surface area contributed by atoms with Crippen molar-refractivity contribution in [2.45, 2.75) is 39.8 Å². The number of hydrogen-bond acceptors (Lipinski definition) is 2. The van der Waals surface area contributed by atoms with Gasteiger partial charge in [-0.3, -0.25) is 0 Å². The van der Waals surface area contributed by atoms with E-state index in [4.69, 9.17) is 5.73 Å². The van der Waals surface area contributed by atoms with Gasteiger partial charge in [-0.05, 0) is 44.9 Å². The van der Waals surface area contributed by atoms with Gasteiger partial charge >= 0.3 is 0 Å². The van der Waals surface area contributed by atoms with Crippen LogP contribution in [0.2, 0.25) is 0 Å². The predicted molar refractivity (Wildman–Crippen MR) is 62.2 cm³/mol. The fourth-order valence-corrected chi connectivity index (χ4v) is 1.17. The number of benzene rings is 1. The number of nitrogens with two attached hydrogens (primary N) is 1. The summed E-state index contributed by atoms with van der Waals surface area (Å²) in [6.07, 6.45) is 0. The van der Waals surface area contributed by atoms with Crippen LogP contribution in [0.25, 0.3) is 0 Å². The molecule has 0 spiro atoms. The molecule has 0 unspecified atom stereocenters. The third kappa shape index (κ3) is 3.38. The number of aryl methyl sites for hydroxylation is 1. The second kappa shape index (κ2) is 4.01. The average molecular weight is 192 g/mol. The van der Waals surface area contributed by atoms with Gasteiger partial charge in [-0.15, -0.1) is 0 Å². The van der Waals surface area contributed by atoms with Crippen LogP contribution >= 0.6 is 0 Å². The molecule has 0 aliphatic rings. The number of nitrogens with one attached hydrogen (secondary N) is 1.